The van der Waals surface area contributed by atoms with E-state index in [2.05, 4.69) is 46.0 Å². The largest absolute Gasteiger partial charge is 0.478 e. The van der Waals surface area contributed by atoms with Crippen LogP contribution in [-0.4, -0.2) is 43.4 Å². The third-order valence-electron chi connectivity index (χ3n) is 6.97. The van der Waals surface area contributed by atoms with Crippen molar-refractivity contribution in [3.63, 3.8) is 0 Å². The molecule has 0 aliphatic carbocycles. The third kappa shape index (κ3) is 9.24. The average Bonchev–Trinajstić information content (AvgIpc) is 3.43. The van der Waals surface area contributed by atoms with Crippen LogP contribution in [0, 0.1) is 11.8 Å². The molecule has 4 rings (SSSR count). The summed E-state index contributed by atoms with van der Waals surface area (Å²) in [6.07, 6.45) is 16.4. The Morgan fingerprint density at radius 2 is 1.37 bits per heavy atom. The molecule has 0 amide bonds. The quantitative estimate of drug-likeness (QED) is 0.0827. The van der Waals surface area contributed by atoms with Crippen molar-refractivity contribution in [2.45, 2.75) is 68.9 Å². The molecule has 0 aliphatic rings. The second-order valence-corrected chi connectivity index (χ2v) is 12.4. The van der Waals surface area contributed by atoms with Crippen LogP contribution in [0.25, 0.3) is 22.8 Å². The second-order valence-electron chi connectivity index (χ2n) is 10.2. The van der Waals surface area contributed by atoms with Crippen molar-refractivity contribution in [1.82, 2.24) is 15.0 Å². The van der Waals surface area contributed by atoms with E-state index in [1.165, 1.54) is 85.2 Å². The van der Waals surface area contributed by atoms with Crippen LogP contribution in [0.5, 0.6) is 0 Å². The van der Waals surface area contributed by atoms with Crippen LogP contribution in [-0.2, 0) is 6.42 Å². The van der Waals surface area contributed by atoms with Gasteiger partial charge in [0.2, 0.25) is 0 Å². The number of nitrogens with zero attached hydrogens (tertiary/aromatic N) is 3. The molecule has 4 aromatic heterocycles. The zero-order chi connectivity index (χ0) is 30.6. The van der Waals surface area contributed by atoms with Crippen molar-refractivity contribution in [3.8, 4) is 34.6 Å². The van der Waals surface area contributed by atoms with E-state index in [1.54, 1.807) is 35.4 Å². The van der Waals surface area contributed by atoms with Gasteiger partial charge in [0, 0.05) is 18.0 Å². The summed E-state index contributed by atoms with van der Waals surface area (Å²) >= 11 is 3.44. The first-order chi connectivity index (χ1) is 20.9. The van der Waals surface area contributed by atoms with Gasteiger partial charge >= 0.3 is 11.9 Å². The number of hydrogen-bond donors (Lipinski definition) is 2. The molecule has 0 aliphatic heterocycles. The Balaban J connectivity index is 1.54. The number of aromatic nitrogens is 3. The highest BCUT2D eigenvalue weighted by molar-refractivity contribution is 8.00. The minimum absolute atomic E-state index is 0.00500. The Labute approximate surface area is 260 Å². The molecule has 0 atom stereocenters. The van der Waals surface area contributed by atoms with Crippen molar-refractivity contribution >= 4 is 35.0 Å². The third-order valence-corrected chi connectivity index (χ3v) is 9.13. The van der Waals surface area contributed by atoms with Gasteiger partial charge in [0.15, 0.2) is 0 Å². The Morgan fingerprint density at radius 1 is 0.767 bits per heavy atom. The molecule has 0 unspecified atom stereocenters. The zero-order valence-corrected chi connectivity index (χ0v) is 26.1. The molecule has 43 heavy (non-hydrogen) atoms. The Morgan fingerprint density at radius 3 is 2.02 bits per heavy atom. The minimum atomic E-state index is -1.14. The molecule has 0 bridgehead atoms. The van der Waals surface area contributed by atoms with Gasteiger partial charge in [0.25, 0.3) is 0 Å². The molecule has 7 nitrogen and oxygen atoms in total. The number of aromatic carboxylic acids is 2. The van der Waals surface area contributed by atoms with E-state index in [9.17, 15) is 19.8 Å². The van der Waals surface area contributed by atoms with Gasteiger partial charge in [0.05, 0.1) is 43.0 Å². The molecule has 0 radical (unpaired) electrons. The molecule has 0 spiro atoms. The first-order valence-corrected chi connectivity index (χ1v) is 16.5. The molecule has 0 fully saturated rings. The molecule has 4 heterocycles. The fourth-order valence-electron chi connectivity index (χ4n) is 4.64. The summed E-state index contributed by atoms with van der Waals surface area (Å²) in [5, 5.41) is 19.1. The summed E-state index contributed by atoms with van der Waals surface area (Å²) in [5.74, 6) is 4.40. The monoisotopic (exact) mass is 613 g/mol. The average molecular weight is 614 g/mol. The van der Waals surface area contributed by atoms with Gasteiger partial charge in [0.1, 0.15) is 0 Å². The standard InChI is InChI=1S/C34H35N3O4S2/c1-3-4-5-6-7-8-9-10-11-24-22-32(42-2)43-31(24)13-12-23-14-16-35-27(18-23)29-20-26(34(40)41)21-30(37-29)28-19-25(33(38)39)15-17-36-28/h14-22H,3-11H2,1-2H3,(H,38,39)(H,40,41). The van der Waals surface area contributed by atoms with Crippen LogP contribution in [0.4, 0.5) is 0 Å². The normalized spacial score (nSPS) is 10.7. The molecule has 9 heteroatoms. The lowest BCUT2D eigenvalue weighted by atomic mass is 10.0. The number of rotatable bonds is 14. The maximum Gasteiger partial charge on any atom is 0.335 e. The number of hydrogen-bond acceptors (Lipinski definition) is 7. The summed E-state index contributed by atoms with van der Waals surface area (Å²) in [4.78, 5) is 37.6. The number of thioether (sulfide) groups is 1. The van der Waals surface area contributed by atoms with Crippen molar-refractivity contribution < 1.29 is 19.8 Å². The molecule has 2 N–H and O–H groups in total. The number of carbonyl (C=O) groups is 2. The number of aryl methyl sites for hydroxylation is 1. The number of unbranched alkanes of at least 4 members (excludes halogenated alkanes) is 7. The van der Waals surface area contributed by atoms with Crippen LogP contribution >= 0.6 is 23.1 Å². The first kappa shape index (κ1) is 31.9. The highest BCUT2D eigenvalue weighted by Crippen LogP contribution is 2.30. The molecule has 0 saturated heterocycles. The van der Waals surface area contributed by atoms with Gasteiger partial charge in [-0.2, -0.15) is 0 Å². The van der Waals surface area contributed by atoms with E-state index in [0.29, 0.717) is 11.4 Å². The van der Waals surface area contributed by atoms with Crippen LogP contribution < -0.4 is 0 Å². The van der Waals surface area contributed by atoms with Crippen LogP contribution in [0.2, 0.25) is 0 Å². The SMILES string of the molecule is CCCCCCCCCCc1cc(SC)sc1C#Cc1ccnc(-c2cc(C(=O)O)cc(-c3cc(C(=O)O)ccn3)n2)c1. The Hall–Kier alpha value is -4.00. The molecule has 4 aromatic rings. The predicted molar refractivity (Wildman–Crippen MR) is 173 cm³/mol. The van der Waals surface area contributed by atoms with E-state index < -0.39 is 11.9 Å². The van der Waals surface area contributed by atoms with Gasteiger partial charge < -0.3 is 10.2 Å². The number of pyridine rings is 3. The van der Waals surface area contributed by atoms with Gasteiger partial charge in [-0.15, -0.1) is 23.1 Å². The smallest absolute Gasteiger partial charge is 0.335 e. The lowest BCUT2D eigenvalue weighted by Crippen LogP contribution is -2.02. The summed E-state index contributed by atoms with van der Waals surface area (Å²) in [7, 11) is 0. The maximum absolute atomic E-state index is 11.9. The molecule has 222 valence electrons. The first-order valence-electron chi connectivity index (χ1n) is 14.5. The van der Waals surface area contributed by atoms with E-state index in [0.717, 1.165) is 23.3 Å². The number of carboxylic acid groups (broad SMARTS) is 2. The summed E-state index contributed by atoms with van der Waals surface area (Å²) < 4.78 is 1.25. The predicted octanol–water partition coefficient (Wildman–Crippen LogP) is 8.47. The van der Waals surface area contributed by atoms with Gasteiger partial charge in [-0.25, -0.2) is 14.6 Å². The lowest BCUT2D eigenvalue weighted by molar-refractivity contribution is 0.0686. The summed E-state index contributed by atoms with van der Waals surface area (Å²) in [6, 6.07) is 11.4. The number of thiophene rings is 1. The Bertz CT molecular complexity index is 1640. The minimum Gasteiger partial charge on any atom is -0.478 e. The zero-order valence-electron chi connectivity index (χ0n) is 24.4. The molecular formula is C34H35N3O4S2. The molecular weight excluding hydrogens is 579 g/mol. The van der Waals surface area contributed by atoms with Crippen LogP contribution in [0.1, 0.15) is 95.0 Å². The van der Waals surface area contributed by atoms with Crippen LogP contribution in [0.3, 0.4) is 0 Å². The lowest BCUT2D eigenvalue weighted by Gasteiger charge is -2.07. The van der Waals surface area contributed by atoms with Gasteiger partial charge in [-0.05, 0) is 67.1 Å². The fourth-order valence-corrected chi connectivity index (χ4v) is 6.28. The van der Waals surface area contributed by atoms with E-state index >= 15 is 0 Å². The van der Waals surface area contributed by atoms with E-state index in [-0.39, 0.29) is 22.5 Å². The van der Waals surface area contributed by atoms with E-state index in [4.69, 9.17) is 0 Å². The molecule has 0 saturated carbocycles. The van der Waals surface area contributed by atoms with Crippen molar-refractivity contribution in [1.29, 1.82) is 0 Å². The topological polar surface area (TPSA) is 113 Å². The van der Waals surface area contributed by atoms with E-state index in [1.807, 2.05) is 6.07 Å². The highest BCUT2D eigenvalue weighted by Gasteiger charge is 2.15. The van der Waals surface area contributed by atoms with Crippen molar-refractivity contribution in [2.75, 3.05) is 6.26 Å². The van der Waals surface area contributed by atoms with Crippen LogP contribution in [0.15, 0.2) is 59.1 Å². The van der Waals surface area contributed by atoms with Crippen molar-refractivity contribution in [2.24, 2.45) is 0 Å². The highest BCUT2D eigenvalue weighted by atomic mass is 32.2. The van der Waals surface area contributed by atoms with Gasteiger partial charge in [-0.1, -0.05) is 63.7 Å². The maximum atomic E-state index is 11.9. The Kier molecular flexibility index (Phi) is 11.9. The second kappa shape index (κ2) is 16.0. The fraction of sp³-hybridized carbons (Fsp3) is 0.324. The summed E-state index contributed by atoms with van der Waals surface area (Å²) in [5.41, 5.74) is 3.34. The summed E-state index contributed by atoms with van der Waals surface area (Å²) in [6.45, 7) is 2.25. The number of carboxylic acids is 2. The molecule has 0 aromatic carbocycles. The van der Waals surface area contributed by atoms with Gasteiger partial charge in [-0.3, -0.25) is 9.97 Å². The van der Waals surface area contributed by atoms with Crippen molar-refractivity contribution in [3.05, 3.63) is 82.0 Å².